The highest BCUT2D eigenvalue weighted by molar-refractivity contribution is 9.10. The number of nitrogens with two attached hydrogens (primary N) is 1. The normalized spacial score (nSPS) is 10.2. The van der Waals surface area contributed by atoms with Crippen LogP contribution in [0, 0.1) is 0 Å². The van der Waals surface area contributed by atoms with Crippen molar-refractivity contribution in [2.75, 3.05) is 11.1 Å². The van der Waals surface area contributed by atoms with Crippen LogP contribution < -0.4 is 11.1 Å². The molecule has 1 heterocycles. The lowest BCUT2D eigenvalue weighted by Crippen LogP contribution is -2.19. The van der Waals surface area contributed by atoms with E-state index in [4.69, 9.17) is 5.73 Å². The van der Waals surface area contributed by atoms with Crippen LogP contribution in [0.3, 0.4) is 0 Å². The zero-order valence-electron chi connectivity index (χ0n) is 8.93. The summed E-state index contributed by atoms with van der Waals surface area (Å²) in [6.07, 6.45) is 3.37. The molecule has 0 aliphatic rings. The summed E-state index contributed by atoms with van der Waals surface area (Å²) in [5.74, 6) is -0.140. The van der Waals surface area contributed by atoms with Gasteiger partial charge in [0.2, 0.25) is 5.91 Å². The summed E-state index contributed by atoms with van der Waals surface area (Å²) in [4.78, 5) is 11.7. The molecule has 2 aromatic rings. The van der Waals surface area contributed by atoms with Gasteiger partial charge in [0, 0.05) is 22.6 Å². The summed E-state index contributed by atoms with van der Waals surface area (Å²) >= 11 is 3.34. The summed E-state index contributed by atoms with van der Waals surface area (Å²) in [5.41, 5.74) is 6.94. The molecule has 5 nitrogen and oxygen atoms in total. The van der Waals surface area contributed by atoms with Gasteiger partial charge in [-0.15, -0.1) is 0 Å². The zero-order valence-corrected chi connectivity index (χ0v) is 10.5. The van der Waals surface area contributed by atoms with Crippen LogP contribution in [0.15, 0.2) is 41.1 Å². The molecular weight excluding hydrogens is 284 g/mol. The van der Waals surface area contributed by atoms with Crippen molar-refractivity contribution >= 4 is 33.2 Å². The molecule has 1 aromatic carbocycles. The van der Waals surface area contributed by atoms with Gasteiger partial charge in [0.1, 0.15) is 6.54 Å². The Balaban J connectivity index is 2.03. The second kappa shape index (κ2) is 5.01. The number of rotatable bonds is 3. The number of anilines is 2. The molecular formula is C11H11BrN4O. The Morgan fingerprint density at radius 3 is 3.00 bits per heavy atom. The minimum atomic E-state index is -0.140. The predicted molar refractivity (Wildman–Crippen MR) is 69.4 cm³/mol. The van der Waals surface area contributed by atoms with E-state index in [1.54, 1.807) is 41.3 Å². The maximum Gasteiger partial charge on any atom is 0.246 e. The van der Waals surface area contributed by atoms with Gasteiger partial charge in [0.05, 0.1) is 5.69 Å². The predicted octanol–water partition coefficient (Wildman–Crippen LogP) is 1.87. The lowest BCUT2D eigenvalue weighted by Gasteiger charge is -2.08. The standard InChI is InChI=1S/C11H11BrN4O/c12-9-6-8(13)2-3-10(9)15-11(17)7-16-5-1-4-14-16/h1-6H,7,13H2,(H,15,17). The van der Waals surface area contributed by atoms with E-state index >= 15 is 0 Å². The van der Waals surface area contributed by atoms with Crippen molar-refractivity contribution in [1.29, 1.82) is 0 Å². The summed E-state index contributed by atoms with van der Waals surface area (Å²) in [6, 6.07) is 6.99. The Bertz CT molecular complexity index is 524. The number of carbonyl (C=O) groups excluding carboxylic acids is 1. The van der Waals surface area contributed by atoms with Gasteiger partial charge in [-0.1, -0.05) is 0 Å². The molecule has 0 aliphatic carbocycles. The van der Waals surface area contributed by atoms with Crippen molar-refractivity contribution < 1.29 is 4.79 Å². The Morgan fingerprint density at radius 2 is 2.35 bits per heavy atom. The molecule has 88 valence electrons. The fourth-order valence-corrected chi connectivity index (χ4v) is 1.86. The van der Waals surface area contributed by atoms with Crippen LogP contribution in [-0.4, -0.2) is 15.7 Å². The van der Waals surface area contributed by atoms with Gasteiger partial charge in [-0.25, -0.2) is 0 Å². The lowest BCUT2D eigenvalue weighted by molar-refractivity contribution is -0.116. The lowest BCUT2D eigenvalue weighted by atomic mass is 10.3. The molecule has 6 heteroatoms. The zero-order chi connectivity index (χ0) is 12.3. The molecule has 0 spiro atoms. The molecule has 0 unspecified atom stereocenters. The number of carbonyl (C=O) groups is 1. The average molecular weight is 295 g/mol. The minimum Gasteiger partial charge on any atom is -0.399 e. The second-order valence-corrected chi connectivity index (χ2v) is 4.35. The minimum absolute atomic E-state index is 0.140. The maximum atomic E-state index is 11.7. The van der Waals surface area contributed by atoms with E-state index in [0.717, 1.165) is 4.47 Å². The van der Waals surface area contributed by atoms with E-state index < -0.39 is 0 Å². The van der Waals surface area contributed by atoms with Crippen molar-refractivity contribution in [2.45, 2.75) is 6.54 Å². The molecule has 0 radical (unpaired) electrons. The first-order valence-corrected chi connectivity index (χ1v) is 5.77. The highest BCUT2D eigenvalue weighted by Crippen LogP contribution is 2.24. The van der Waals surface area contributed by atoms with Crippen molar-refractivity contribution in [2.24, 2.45) is 0 Å². The molecule has 0 bridgehead atoms. The van der Waals surface area contributed by atoms with Crippen molar-refractivity contribution in [3.8, 4) is 0 Å². The Kier molecular flexibility index (Phi) is 3.43. The van der Waals surface area contributed by atoms with E-state index in [1.165, 1.54) is 0 Å². The molecule has 0 saturated carbocycles. The van der Waals surface area contributed by atoms with E-state index in [-0.39, 0.29) is 12.5 Å². The smallest absolute Gasteiger partial charge is 0.246 e. The number of hydrogen-bond donors (Lipinski definition) is 2. The molecule has 2 rings (SSSR count). The van der Waals surface area contributed by atoms with Gasteiger partial charge >= 0.3 is 0 Å². The number of aromatic nitrogens is 2. The Labute approximate surface area is 107 Å². The number of amides is 1. The summed E-state index contributed by atoms with van der Waals surface area (Å²) in [5, 5.41) is 6.73. The molecule has 0 aliphatic heterocycles. The topological polar surface area (TPSA) is 72.9 Å². The van der Waals surface area contributed by atoms with E-state index in [2.05, 4.69) is 26.3 Å². The first-order valence-electron chi connectivity index (χ1n) is 4.97. The third-order valence-corrected chi connectivity index (χ3v) is 2.79. The third kappa shape index (κ3) is 3.07. The quantitative estimate of drug-likeness (QED) is 0.849. The summed E-state index contributed by atoms with van der Waals surface area (Å²) in [6.45, 7) is 0.184. The monoisotopic (exact) mass is 294 g/mol. The van der Waals surface area contributed by atoms with E-state index in [9.17, 15) is 4.79 Å². The largest absolute Gasteiger partial charge is 0.399 e. The molecule has 0 atom stereocenters. The van der Waals surface area contributed by atoms with E-state index in [0.29, 0.717) is 11.4 Å². The highest BCUT2D eigenvalue weighted by atomic mass is 79.9. The summed E-state index contributed by atoms with van der Waals surface area (Å²) in [7, 11) is 0. The number of nitrogens with zero attached hydrogens (tertiary/aromatic N) is 2. The van der Waals surface area contributed by atoms with Gasteiger partial charge < -0.3 is 11.1 Å². The third-order valence-electron chi connectivity index (χ3n) is 2.13. The fraction of sp³-hybridized carbons (Fsp3) is 0.0909. The van der Waals surface area contributed by atoms with Gasteiger partial charge in [0.15, 0.2) is 0 Å². The van der Waals surface area contributed by atoms with E-state index in [1.807, 2.05) is 0 Å². The van der Waals surface area contributed by atoms with Crippen LogP contribution in [0.25, 0.3) is 0 Å². The number of nitrogens with one attached hydrogen (secondary N) is 1. The SMILES string of the molecule is Nc1ccc(NC(=O)Cn2cccn2)c(Br)c1. The molecule has 1 amide bonds. The number of nitrogen functional groups attached to an aromatic ring is 1. The van der Waals surface area contributed by atoms with Gasteiger partial charge in [-0.3, -0.25) is 9.48 Å². The fourth-order valence-electron chi connectivity index (χ4n) is 1.36. The Hall–Kier alpha value is -1.82. The highest BCUT2D eigenvalue weighted by Gasteiger charge is 2.06. The molecule has 0 fully saturated rings. The van der Waals surface area contributed by atoms with Gasteiger partial charge in [-0.2, -0.15) is 5.10 Å². The second-order valence-electron chi connectivity index (χ2n) is 3.49. The molecule has 17 heavy (non-hydrogen) atoms. The van der Waals surface area contributed by atoms with Crippen molar-refractivity contribution in [3.63, 3.8) is 0 Å². The van der Waals surface area contributed by atoms with Crippen LogP contribution >= 0.6 is 15.9 Å². The average Bonchev–Trinajstić information content (AvgIpc) is 2.75. The molecule has 1 aromatic heterocycles. The summed E-state index contributed by atoms with van der Waals surface area (Å²) < 4.78 is 2.31. The van der Waals surface area contributed by atoms with Gasteiger partial charge in [-0.05, 0) is 40.2 Å². The van der Waals surface area contributed by atoms with Crippen LogP contribution in [0.1, 0.15) is 0 Å². The van der Waals surface area contributed by atoms with Crippen molar-refractivity contribution in [1.82, 2.24) is 9.78 Å². The number of benzene rings is 1. The Morgan fingerprint density at radius 1 is 1.53 bits per heavy atom. The van der Waals surface area contributed by atoms with Crippen LogP contribution in [-0.2, 0) is 11.3 Å². The first kappa shape index (κ1) is 11.7. The van der Waals surface area contributed by atoms with Crippen LogP contribution in [0.4, 0.5) is 11.4 Å². The van der Waals surface area contributed by atoms with Crippen molar-refractivity contribution in [3.05, 3.63) is 41.1 Å². The number of halogens is 1. The first-order chi connectivity index (χ1) is 8.15. The van der Waals surface area contributed by atoms with Crippen LogP contribution in [0.5, 0.6) is 0 Å². The molecule has 0 saturated heterocycles. The maximum absolute atomic E-state index is 11.7. The number of hydrogen-bond acceptors (Lipinski definition) is 3. The molecule has 3 N–H and O–H groups in total. The van der Waals surface area contributed by atoms with Gasteiger partial charge in [0.25, 0.3) is 0 Å². The van der Waals surface area contributed by atoms with Crippen LogP contribution in [0.2, 0.25) is 0 Å².